The second-order valence-electron chi connectivity index (χ2n) is 8.98. The third-order valence-corrected chi connectivity index (χ3v) is 6.04. The average Bonchev–Trinajstić information content (AvgIpc) is 3.20. The van der Waals surface area contributed by atoms with Gasteiger partial charge in [-0.3, -0.25) is 4.79 Å². The normalized spacial score (nSPS) is 18.4. The van der Waals surface area contributed by atoms with Crippen LogP contribution in [0.15, 0.2) is 36.5 Å². The largest absolute Gasteiger partial charge is 0.445 e. The van der Waals surface area contributed by atoms with Crippen molar-refractivity contribution in [2.45, 2.75) is 70.9 Å². The number of amides is 3. The number of carbonyl (C=O) groups is 3. The molecule has 2 aromatic rings. The van der Waals surface area contributed by atoms with Crippen LogP contribution in [0.1, 0.15) is 66.8 Å². The van der Waals surface area contributed by atoms with Gasteiger partial charge in [0.05, 0.1) is 12.2 Å². The van der Waals surface area contributed by atoms with Crippen molar-refractivity contribution in [1.82, 2.24) is 20.9 Å². The molecular formula is C23H30N4O5S. The average molecular weight is 475 g/mol. The molecule has 33 heavy (non-hydrogen) atoms. The Bertz CT molecular complexity index is 967. The number of alkyl carbamates (subject to hydrolysis) is 2. The number of nitrogens with one attached hydrogen (secondary N) is 3. The molecule has 3 rings (SSSR count). The number of ether oxygens (including phenoxy) is 2. The molecule has 0 spiro atoms. The van der Waals surface area contributed by atoms with Gasteiger partial charge >= 0.3 is 12.2 Å². The van der Waals surface area contributed by atoms with Crippen LogP contribution in [0.2, 0.25) is 0 Å². The Labute approximate surface area is 197 Å². The van der Waals surface area contributed by atoms with E-state index in [4.69, 9.17) is 9.47 Å². The second-order valence-corrected chi connectivity index (χ2v) is 10.0. The number of thiazole rings is 1. The topological polar surface area (TPSA) is 119 Å². The molecule has 0 aliphatic heterocycles. The lowest BCUT2D eigenvalue weighted by atomic mass is 9.87. The first-order valence-electron chi connectivity index (χ1n) is 10.8. The van der Waals surface area contributed by atoms with E-state index in [9.17, 15) is 14.4 Å². The summed E-state index contributed by atoms with van der Waals surface area (Å²) in [5, 5.41) is 9.07. The van der Waals surface area contributed by atoms with Crippen molar-refractivity contribution < 1.29 is 23.9 Å². The van der Waals surface area contributed by atoms with E-state index >= 15 is 0 Å². The summed E-state index contributed by atoms with van der Waals surface area (Å²) >= 11 is 1.22. The van der Waals surface area contributed by atoms with E-state index in [2.05, 4.69) is 20.9 Å². The quantitative estimate of drug-likeness (QED) is 0.560. The number of aromatic nitrogens is 1. The molecule has 0 bridgehead atoms. The highest BCUT2D eigenvalue weighted by atomic mass is 32.1. The zero-order chi connectivity index (χ0) is 24.0. The number of hydrogen-bond donors (Lipinski definition) is 3. The lowest BCUT2D eigenvalue weighted by Gasteiger charge is -2.36. The minimum Gasteiger partial charge on any atom is -0.445 e. The van der Waals surface area contributed by atoms with Crippen LogP contribution in [0.4, 0.5) is 9.59 Å². The number of carbonyl (C=O) groups excluding carboxylic acids is 3. The third kappa shape index (κ3) is 7.74. The predicted octanol–water partition coefficient (Wildman–Crippen LogP) is 3.92. The van der Waals surface area contributed by atoms with Gasteiger partial charge in [0, 0.05) is 12.1 Å². The molecule has 1 fully saturated rings. The van der Waals surface area contributed by atoms with Gasteiger partial charge in [0.15, 0.2) is 0 Å². The standard InChI is InChI=1S/C23H30N4O5S/c1-14(25-21(29)31-13-15-8-6-5-7-9-15)20-24-12-18(33-20)19(28)26-16-10-17(11-16)27-22(30)32-23(2,3)4/h5-9,12,14,16-17H,10-11,13H2,1-4H3,(H,25,29)(H,26,28)(H,27,30). The van der Waals surface area contributed by atoms with E-state index in [0.29, 0.717) is 22.7 Å². The van der Waals surface area contributed by atoms with E-state index in [0.717, 1.165) is 5.56 Å². The fraction of sp³-hybridized carbons (Fsp3) is 0.478. The molecule has 1 heterocycles. The lowest BCUT2D eigenvalue weighted by molar-refractivity contribution is 0.0465. The molecule has 3 amide bonds. The maximum absolute atomic E-state index is 12.5. The minimum absolute atomic E-state index is 0.0201. The van der Waals surface area contributed by atoms with Crippen molar-refractivity contribution in [3.8, 4) is 0 Å². The van der Waals surface area contributed by atoms with Crippen LogP contribution in [0.3, 0.4) is 0 Å². The Morgan fingerprint density at radius 3 is 2.42 bits per heavy atom. The highest BCUT2D eigenvalue weighted by Gasteiger charge is 2.33. The zero-order valence-electron chi connectivity index (χ0n) is 19.2. The molecule has 1 saturated carbocycles. The van der Waals surface area contributed by atoms with Crippen molar-refractivity contribution in [2.75, 3.05) is 0 Å². The molecule has 1 atom stereocenters. The van der Waals surface area contributed by atoms with Gasteiger partial charge in [-0.1, -0.05) is 30.3 Å². The van der Waals surface area contributed by atoms with Crippen LogP contribution in [-0.2, 0) is 16.1 Å². The molecule has 0 saturated heterocycles. The molecule has 1 aromatic carbocycles. The summed E-state index contributed by atoms with van der Waals surface area (Å²) in [5.74, 6) is -0.224. The Morgan fingerprint density at radius 2 is 1.76 bits per heavy atom. The number of nitrogens with zero attached hydrogens (tertiary/aromatic N) is 1. The molecule has 1 unspecified atom stereocenters. The lowest BCUT2D eigenvalue weighted by Crippen LogP contribution is -2.54. The molecule has 3 N–H and O–H groups in total. The monoisotopic (exact) mass is 474 g/mol. The van der Waals surface area contributed by atoms with Crippen molar-refractivity contribution in [3.05, 3.63) is 52.0 Å². The predicted molar refractivity (Wildman–Crippen MR) is 124 cm³/mol. The molecule has 1 aromatic heterocycles. The number of hydrogen-bond acceptors (Lipinski definition) is 7. The van der Waals surface area contributed by atoms with E-state index in [1.54, 1.807) is 6.92 Å². The van der Waals surface area contributed by atoms with Crippen LogP contribution in [0.5, 0.6) is 0 Å². The van der Waals surface area contributed by atoms with Gasteiger partial charge in [-0.2, -0.15) is 0 Å². The molecule has 9 nitrogen and oxygen atoms in total. The highest BCUT2D eigenvalue weighted by molar-refractivity contribution is 7.13. The first-order valence-corrected chi connectivity index (χ1v) is 11.6. The maximum atomic E-state index is 12.5. The number of benzene rings is 1. The van der Waals surface area contributed by atoms with Gasteiger partial charge in [0.25, 0.3) is 5.91 Å². The van der Waals surface area contributed by atoms with Gasteiger partial charge < -0.3 is 25.4 Å². The van der Waals surface area contributed by atoms with Crippen LogP contribution in [0.25, 0.3) is 0 Å². The highest BCUT2D eigenvalue weighted by Crippen LogP contribution is 2.24. The molecule has 1 aliphatic rings. The van der Waals surface area contributed by atoms with Gasteiger partial charge in [-0.25, -0.2) is 14.6 Å². The summed E-state index contributed by atoms with van der Waals surface area (Å²) in [6.07, 6.45) is 1.78. The van der Waals surface area contributed by atoms with Gasteiger partial charge in [0.2, 0.25) is 0 Å². The van der Waals surface area contributed by atoms with Crippen LogP contribution >= 0.6 is 11.3 Å². The molecular weight excluding hydrogens is 444 g/mol. The Balaban J connectivity index is 1.39. The van der Waals surface area contributed by atoms with E-state index < -0.39 is 23.8 Å². The fourth-order valence-corrected chi connectivity index (χ4v) is 4.00. The number of rotatable bonds is 7. The molecule has 10 heteroatoms. The molecule has 178 valence electrons. The zero-order valence-corrected chi connectivity index (χ0v) is 20.0. The summed E-state index contributed by atoms with van der Waals surface area (Å²) in [4.78, 5) is 41.1. The molecule has 0 radical (unpaired) electrons. The van der Waals surface area contributed by atoms with Gasteiger partial charge in [-0.15, -0.1) is 11.3 Å². The Hall–Kier alpha value is -3.14. The first kappa shape index (κ1) is 24.5. The van der Waals surface area contributed by atoms with Crippen molar-refractivity contribution in [3.63, 3.8) is 0 Å². The van der Waals surface area contributed by atoms with Gasteiger partial charge in [-0.05, 0) is 46.1 Å². The van der Waals surface area contributed by atoms with E-state index in [-0.39, 0.29) is 24.6 Å². The van der Waals surface area contributed by atoms with Crippen molar-refractivity contribution in [1.29, 1.82) is 0 Å². The summed E-state index contributed by atoms with van der Waals surface area (Å²) in [5.41, 5.74) is 0.351. The van der Waals surface area contributed by atoms with Gasteiger partial charge in [0.1, 0.15) is 22.1 Å². The second kappa shape index (κ2) is 10.7. The van der Waals surface area contributed by atoms with Crippen LogP contribution in [0, 0.1) is 0 Å². The van der Waals surface area contributed by atoms with Crippen molar-refractivity contribution in [2.24, 2.45) is 0 Å². The first-order chi connectivity index (χ1) is 15.6. The summed E-state index contributed by atoms with van der Waals surface area (Å²) in [6, 6.07) is 8.96. The maximum Gasteiger partial charge on any atom is 0.408 e. The summed E-state index contributed by atoms with van der Waals surface area (Å²) < 4.78 is 10.5. The fourth-order valence-electron chi connectivity index (χ4n) is 3.18. The Kier molecular flexibility index (Phi) is 7.91. The minimum atomic E-state index is -0.550. The van der Waals surface area contributed by atoms with E-state index in [1.165, 1.54) is 17.5 Å². The Morgan fingerprint density at radius 1 is 1.09 bits per heavy atom. The third-order valence-electron chi connectivity index (χ3n) is 4.86. The summed E-state index contributed by atoms with van der Waals surface area (Å²) in [6.45, 7) is 7.39. The van der Waals surface area contributed by atoms with Crippen molar-refractivity contribution >= 4 is 29.4 Å². The molecule has 1 aliphatic carbocycles. The summed E-state index contributed by atoms with van der Waals surface area (Å²) in [7, 11) is 0. The van der Waals surface area contributed by atoms with Crippen LogP contribution < -0.4 is 16.0 Å². The van der Waals surface area contributed by atoms with E-state index in [1.807, 2.05) is 51.1 Å². The SMILES string of the molecule is CC(NC(=O)OCc1ccccc1)c1ncc(C(=O)NC2CC(NC(=O)OC(C)(C)C)C2)s1. The van der Waals surface area contributed by atoms with Crippen LogP contribution in [-0.4, -0.2) is 40.8 Å². The smallest absolute Gasteiger partial charge is 0.408 e.